The number of carbonyl (C=O) groups excluding carboxylic acids is 1. The number of carbonyl (C=O) groups is 1. The number of amides is 1. The molecular weight excluding hydrogens is 338 g/mol. The number of H-pyrrole nitrogens is 1. The topological polar surface area (TPSA) is 58.2 Å². The Balaban J connectivity index is 1.48. The molecule has 0 saturated carbocycles. The van der Waals surface area contributed by atoms with Crippen molar-refractivity contribution in [2.45, 2.75) is 25.8 Å². The summed E-state index contributed by atoms with van der Waals surface area (Å²) in [4.78, 5) is 22.7. The first-order chi connectivity index (χ1) is 13.2. The molecule has 2 heterocycles. The van der Waals surface area contributed by atoms with Crippen molar-refractivity contribution in [1.82, 2.24) is 14.9 Å². The van der Waals surface area contributed by atoms with Crippen molar-refractivity contribution in [1.29, 1.82) is 0 Å². The van der Waals surface area contributed by atoms with Crippen LogP contribution in [0.15, 0.2) is 54.6 Å². The molecule has 138 valence electrons. The summed E-state index contributed by atoms with van der Waals surface area (Å²) in [6.07, 6.45) is 5.43. The molecule has 1 aliphatic rings. The SMILES string of the molecule is CCOc1ccc(/C=C/C(=O)N2CCCC2c2nc3ccccc3[nH]2)cc1. The molecule has 0 aliphatic carbocycles. The van der Waals surface area contributed by atoms with Crippen LogP contribution in [0.2, 0.25) is 0 Å². The largest absolute Gasteiger partial charge is 0.494 e. The lowest BCUT2D eigenvalue weighted by Gasteiger charge is -2.21. The average molecular weight is 361 g/mol. The molecule has 1 fully saturated rings. The highest BCUT2D eigenvalue weighted by atomic mass is 16.5. The van der Waals surface area contributed by atoms with E-state index in [9.17, 15) is 4.79 Å². The van der Waals surface area contributed by atoms with Gasteiger partial charge in [-0.15, -0.1) is 0 Å². The Morgan fingerprint density at radius 2 is 2.07 bits per heavy atom. The van der Waals surface area contributed by atoms with Crippen LogP contribution >= 0.6 is 0 Å². The number of hydrogen-bond donors (Lipinski definition) is 1. The van der Waals surface area contributed by atoms with Gasteiger partial charge >= 0.3 is 0 Å². The molecule has 4 rings (SSSR count). The zero-order valence-corrected chi connectivity index (χ0v) is 15.4. The minimum Gasteiger partial charge on any atom is -0.494 e. The van der Waals surface area contributed by atoms with E-state index in [0.29, 0.717) is 6.61 Å². The van der Waals surface area contributed by atoms with Crippen LogP contribution in [0.1, 0.15) is 37.2 Å². The number of para-hydroxylation sites is 2. The van der Waals surface area contributed by atoms with Gasteiger partial charge in [-0.2, -0.15) is 0 Å². The second-order valence-electron chi connectivity index (χ2n) is 6.66. The highest BCUT2D eigenvalue weighted by Crippen LogP contribution is 2.31. The van der Waals surface area contributed by atoms with Crippen molar-refractivity contribution < 1.29 is 9.53 Å². The quantitative estimate of drug-likeness (QED) is 0.688. The summed E-state index contributed by atoms with van der Waals surface area (Å²) in [7, 11) is 0. The molecule has 1 atom stereocenters. The van der Waals surface area contributed by atoms with Crippen LogP contribution in [-0.4, -0.2) is 33.9 Å². The van der Waals surface area contributed by atoms with E-state index in [1.165, 1.54) is 0 Å². The molecule has 3 aromatic rings. The summed E-state index contributed by atoms with van der Waals surface area (Å²) in [6, 6.07) is 15.7. The predicted octanol–water partition coefficient (Wildman–Crippen LogP) is 4.34. The van der Waals surface area contributed by atoms with Crippen molar-refractivity contribution in [2.24, 2.45) is 0 Å². The lowest BCUT2D eigenvalue weighted by molar-refractivity contribution is -0.126. The van der Waals surface area contributed by atoms with Gasteiger partial charge in [0.25, 0.3) is 0 Å². The maximum atomic E-state index is 12.8. The molecular formula is C22H23N3O2. The molecule has 2 aromatic carbocycles. The molecule has 0 bridgehead atoms. The number of likely N-dealkylation sites (tertiary alicyclic amines) is 1. The zero-order chi connectivity index (χ0) is 18.6. The maximum Gasteiger partial charge on any atom is 0.247 e. The van der Waals surface area contributed by atoms with Gasteiger partial charge in [-0.3, -0.25) is 4.79 Å². The fourth-order valence-corrected chi connectivity index (χ4v) is 3.55. The summed E-state index contributed by atoms with van der Waals surface area (Å²) in [5.74, 6) is 1.73. The van der Waals surface area contributed by atoms with Gasteiger partial charge in [0.2, 0.25) is 5.91 Å². The van der Waals surface area contributed by atoms with Gasteiger partial charge in [-0.05, 0) is 55.7 Å². The first kappa shape index (κ1) is 17.3. The number of nitrogens with zero attached hydrogens (tertiary/aromatic N) is 2. The minimum absolute atomic E-state index is 0.00915. The van der Waals surface area contributed by atoms with E-state index in [2.05, 4.69) is 9.97 Å². The fraction of sp³-hybridized carbons (Fsp3) is 0.273. The lowest BCUT2D eigenvalue weighted by Crippen LogP contribution is -2.29. The van der Waals surface area contributed by atoms with Gasteiger partial charge in [0, 0.05) is 12.6 Å². The zero-order valence-electron chi connectivity index (χ0n) is 15.4. The minimum atomic E-state index is 0.00915. The standard InChI is InChI=1S/C22H23N3O2/c1-2-27-17-12-9-16(10-13-17)11-14-21(26)25-15-5-8-20(25)22-23-18-6-3-4-7-19(18)24-22/h3-4,6-7,9-14,20H,2,5,8,15H2,1H3,(H,23,24)/b14-11+. The van der Waals surface area contributed by atoms with E-state index in [4.69, 9.17) is 4.74 Å². The van der Waals surface area contributed by atoms with E-state index in [-0.39, 0.29) is 11.9 Å². The third-order valence-corrected chi connectivity index (χ3v) is 4.87. The monoisotopic (exact) mass is 361 g/mol. The molecule has 5 heteroatoms. The Hall–Kier alpha value is -3.08. The van der Waals surface area contributed by atoms with Crippen LogP contribution < -0.4 is 4.74 Å². The summed E-state index contributed by atoms with van der Waals surface area (Å²) >= 11 is 0. The first-order valence-electron chi connectivity index (χ1n) is 9.41. The van der Waals surface area contributed by atoms with Crippen LogP contribution in [0, 0.1) is 0 Å². The molecule has 0 radical (unpaired) electrons. The van der Waals surface area contributed by atoms with Crippen molar-refractivity contribution in [3.05, 3.63) is 66.0 Å². The van der Waals surface area contributed by atoms with Crippen LogP contribution in [0.4, 0.5) is 0 Å². The summed E-state index contributed by atoms with van der Waals surface area (Å²) < 4.78 is 5.45. The van der Waals surface area contributed by atoms with E-state index >= 15 is 0 Å². The lowest BCUT2D eigenvalue weighted by atomic mass is 10.2. The number of hydrogen-bond acceptors (Lipinski definition) is 3. The van der Waals surface area contributed by atoms with Gasteiger partial charge in [0.05, 0.1) is 23.7 Å². The fourth-order valence-electron chi connectivity index (χ4n) is 3.55. The second-order valence-corrected chi connectivity index (χ2v) is 6.66. The highest BCUT2D eigenvalue weighted by molar-refractivity contribution is 5.92. The summed E-state index contributed by atoms with van der Waals surface area (Å²) in [5, 5.41) is 0. The van der Waals surface area contributed by atoms with Crippen molar-refractivity contribution in [2.75, 3.05) is 13.2 Å². The molecule has 0 spiro atoms. The molecule has 1 aromatic heterocycles. The Morgan fingerprint density at radius 1 is 1.26 bits per heavy atom. The Morgan fingerprint density at radius 3 is 2.85 bits per heavy atom. The smallest absolute Gasteiger partial charge is 0.247 e. The maximum absolute atomic E-state index is 12.8. The van der Waals surface area contributed by atoms with Crippen molar-refractivity contribution >= 4 is 23.0 Å². The van der Waals surface area contributed by atoms with E-state index in [1.807, 2.05) is 66.4 Å². The highest BCUT2D eigenvalue weighted by Gasteiger charge is 2.30. The van der Waals surface area contributed by atoms with E-state index in [0.717, 1.165) is 47.6 Å². The van der Waals surface area contributed by atoms with Gasteiger partial charge in [0.15, 0.2) is 0 Å². The van der Waals surface area contributed by atoms with E-state index < -0.39 is 0 Å². The van der Waals surface area contributed by atoms with Crippen molar-refractivity contribution in [3.8, 4) is 5.75 Å². The van der Waals surface area contributed by atoms with E-state index in [1.54, 1.807) is 6.08 Å². The summed E-state index contributed by atoms with van der Waals surface area (Å²) in [5.41, 5.74) is 2.93. The van der Waals surface area contributed by atoms with Gasteiger partial charge in [0.1, 0.15) is 11.6 Å². The number of ether oxygens (including phenoxy) is 1. The molecule has 1 aliphatic heterocycles. The third-order valence-electron chi connectivity index (χ3n) is 4.87. The normalized spacial score (nSPS) is 17.1. The van der Waals surface area contributed by atoms with Crippen LogP contribution in [-0.2, 0) is 4.79 Å². The average Bonchev–Trinajstić information content (AvgIpc) is 3.34. The Kier molecular flexibility index (Phi) is 4.92. The van der Waals surface area contributed by atoms with Crippen molar-refractivity contribution in [3.63, 3.8) is 0 Å². The molecule has 1 saturated heterocycles. The molecule has 1 amide bonds. The number of imidazole rings is 1. The van der Waals surface area contributed by atoms with Crippen LogP contribution in [0.3, 0.4) is 0 Å². The van der Waals surface area contributed by atoms with Gasteiger partial charge in [-0.1, -0.05) is 24.3 Å². The summed E-state index contributed by atoms with van der Waals surface area (Å²) in [6.45, 7) is 3.36. The first-order valence-corrected chi connectivity index (χ1v) is 9.41. The Labute approximate surface area is 158 Å². The number of aromatic amines is 1. The number of fused-ring (bicyclic) bond motifs is 1. The molecule has 5 nitrogen and oxygen atoms in total. The number of nitrogens with one attached hydrogen (secondary N) is 1. The number of rotatable bonds is 5. The third kappa shape index (κ3) is 3.72. The number of benzene rings is 2. The second kappa shape index (κ2) is 7.66. The van der Waals surface area contributed by atoms with Gasteiger partial charge in [-0.25, -0.2) is 4.98 Å². The Bertz CT molecular complexity index is 926. The predicted molar refractivity (Wildman–Crippen MR) is 106 cm³/mol. The number of aromatic nitrogens is 2. The van der Waals surface area contributed by atoms with Crippen LogP contribution in [0.5, 0.6) is 5.75 Å². The van der Waals surface area contributed by atoms with Crippen LogP contribution in [0.25, 0.3) is 17.1 Å². The molecule has 1 N–H and O–H groups in total. The molecule has 27 heavy (non-hydrogen) atoms. The van der Waals surface area contributed by atoms with Gasteiger partial charge < -0.3 is 14.6 Å². The molecule has 1 unspecified atom stereocenters.